The van der Waals surface area contributed by atoms with Crippen LogP contribution in [0.15, 0.2) is 42.5 Å². The largest absolute Gasteiger partial charge is 0.497 e. The average molecular weight is 401 g/mol. The summed E-state index contributed by atoms with van der Waals surface area (Å²) in [6.45, 7) is 2.15. The number of halogens is 1. The Morgan fingerprint density at radius 3 is 2.21 bits per heavy atom. The van der Waals surface area contributed by atoms with Crippen molar-refractivity contribution in [2.24, 2.45) is 0 Å². The Balaban J connectivity index is 1.52. The highest BCUT2D eigenvalue weighted by Gasteiger charge is 2.24. The van der Waals surface area contributed by atoms with Gasteiger partial charge in [-0.05, 0) is 12.1 Å². The van der Waals surface area contributed by atoms with Crippen molar-refractivity contribution in [2.75, 3.05) is 52.3 Å². The van der Waals surface area contributed by atoms with E-state index in [4.69, 9.17) is 9.47 Å². The quantitative estimate of drug-likeness (QED) is 0.804. The van der Waals surface area contributed by atoms with Crippen molar-refractivity contribution >= 4 is 17.5 Å². The molecular weight excluding hydrogens is 377 g/mol. The lowest BCUT2D eigenvalue weighted by Gasteiger charge is -2.34. The minimum Gasteiger partial charge on any atom is -0.497 e. The van der Waals surface area contributed by atoms with Gasteiger partial charge in [-0.1, -0.05) is 12.1 Å². The average Bonchev–Trinajstić information content (AvgIpc) is 2.73. The Morgan fingerprint density at radius 1 is 1.00 bits per heavy atom. The molecule has 0 atom stereocenters. The van der Waals surface area contributed by atoms with Gasteiger partial charge in [-0.25, -0.2) is 4.39 Å². The number of nitrogens with zero attached hydrogens (tertiary/aromatic N) is 2. The molecule has 1 aliphatic heterocycles. The summed E-state index contributed by atoms with van der Waals surface area (Å²) in [4.78, 5) is 28.4. The van der Waals surface area contributed by atoms with Gasteiger partial charge in [-0.2, -0.15) is 0 Å². The van der Waals surface area contributed by atoms with E-state index in [2.05, 4.69) is 5.32 Å². The monoisotopic (exact) mass is 401 g/mol. The second kappa shape index (κ2) is 9.38. The highest BCUT2D eigenvalue weighted by molar-refractivity contribution is 5.95. The van der Waals surface area contributed by atoms with Crippen LogP contribution in [-0.4, -0.2) is 68.6 Å². The maximum Gasteiger partial charge on any atom is 0.256 e. The summed E-state index contributed by atoms with van der Waals surface area (Å²) in [5.41, 5.74) is 0.658. The lowest BCUT2D eigenvalue weighted by atomic mass is 10.1. The lowest BCUT2D eigenvalue weighted by molar-refractivity contribution is -0.117. The van der Waals surface area contributed by atoms with Crippen LogP contribution in [-0.2, 0) is 4.79 Å². The summed E-state index contributed by atoms with van der Waals surface area (Å²) < 4.78 is 24.2. The number of carbonyl (C=O) groups excluding carboxylic acids is 2. The van der Waals surface area contributed by atoms with Crippen molar-refractivity contribution in [3.05, 3.63) is 53.8 Å². The minimum atomic E-state index is -0.520. The zero-order valence-corrected chi connectivity index (χ0v) is 16.5. The van der Waals surface area contributed by atoms with E-state index in [0.717, 1.165) is 0 Å². The molecule has 3 rings (SSSR count). The van der Waals surface area contributed by atoms with Crippen molar-refractivity contribution in [1.82, 2.24) is 9.80 Å². The van der Waals surface area contributed by atoms with Crippen LogP contribution in [0.5, 0.6) is 11.5 Å². The van der Waals surface area contributed by atoms with E-state index in [1.807, 2.05) is 4.90 Å². The van der Waals surface area contributed by atoms with Crippen LogP contribution in [0, 0.1) is 5.82 Å². The fourth-order valence-corrected chi connectivity index (χ4v) is 3.20. The summed E-state index contributed by atoms with van der Waals surface area (Å²) >= 11 is 0. The number of nitrogens with one attached hydrogen (secondary N) is 1. The number of amides is 2. The minimum absolute atomic E-state index is 0.0747. The molecule has 0 radical (unpaired) electrons. The van der Waals surface area contributed by atoms with Crippen LogP contribution in [0.3, 0.4) is 0 Å². The number of hydrogen-bond donors (Lipinski definition) is 1. The van der Waals surface area contributed by atoms with E-state index in [0.29, 0.717) is 43.4 Å². The van der Waals surface area contributed by atoms with Crippen LogP contribution >= 0.6 is 0 Å². The Kier molecular flexibility index (Phi) is 6.66. The molecule has 0 aliphatic carbocycles. The molecule has 1 heterocycles. The zero-order chi connectivity index (χ0) is 20.8. The molecule has 0 aromatic heterocycles. The zero-order valence-electron chi connectivity index (χ0n) is 16.5. The maximum absolute atomic E-state index is 13.8. The fraction of sp³-hybridized carbons (Fsp3) is 0.333. The third-order valence-corrected chi connectivity index (χ3v) is 4.77. The van der Waals surface area contributed by atoms with Gasteiger partial charge in [0.25, 0.3) is 5.91 Å². The first-order valence-electron chi connectivity index (χ1n) is 9.29. The van der Waals surface area contributed by atoms with Gasteiger partial charge < -0.3 is 19.7 Å². The summed E-state index contributed by atoms with van der Waals surface area (Å²) in [5.74, 6) is 0.151. The van der Waals surface area contributed by atoms with Crippen LogP contribution < -0.4 is 14.8 Å². The number of anilines is 1. The standard InChI is InChI=1S/C21H24FN3O4/c1-28-16-11-15(12-17(13-16)29-2)23-20(26)14-24-7-9-25(10-8-24)21(27)18-5-3-4-6-19(18)22/h3-6,11-13H,7-10,14H2,1-2H3,(H,23,26). The van der Waals surface area contributed by atoms with Crippen molar-refractivity contribution in [3.8, 4) is 11.5 Å². The highest BCUT2D eigenvalue weighted by atomic mass is 19.1. The maximum atomic E-state index is 13.8. The molecule has 0 spiro atoms. The topological polar surface area (TPSA) is 71.1 Å². The van der Waals surface area contributed by atoms with Gasteiger partial charge in [0, 0.05) is 50.1 Å². The molecule has 0 unspecified atom stereocenters. The van der Waals surface area contributed by atoms with Crippen LogP contribution in [0.2, 0.25) is 0 Å². The van der Waals surface area contributed by atoms with Crippen molar-refractivity contribution in [2.45, 2.75) is 0 Å². The Bertz CT molecular complexity index is 860. The van der Waals surface area contributed by atoms with Crippen LogP contribution in [0.25, 0.3) is 0 Å². The number of ether oxygens (including phenoxy) is 2. The third-order valence-electron chi connectivity index (χ3n) is 4.77. The molecule has 7 nitrogen and oxygen atoms in total. The number of rotatable bonds is 6. The number of benzene rings is 2. The highest BCUT2D eigenvalue weighted by Crippen LogP contribution is 2.25. The van der Waals surface area contributed by atoms with Crippen LogP contribution in [0.4, 0.5) is 10.1 Å². The van der Waals surface area contributed by atoms with Crippen LogP contribution in [0.1, 0.15) is 10.4 Å². The smallest absolute Gasteiger partial charge is 0.256 e. The lowest BCUT2D eigenvalue weighted by Crippen LogP contribution is -2.50. The van der Waals surface area contributed by atoms with E-state index in [1.54, 1.807) is 49.5 Å². The Hall–Kier alpha value is -3.13. The predicted octanol–water partition coefficient (Wildman–Crippen LogP) is 2.24. The second-order valence-corrected chi connectivity index (χ2v) is 6.70. The summed E-state index contributed by atoms with van der Waals surface area (Å²) in [6.07, 6.45) is 0. The van der Waals surface area contributed by atoms with E-state index < -0.39 is 5.82 Å². The first kappa shape index (κ1) is 20.6. The first-order valence-corrected chi connectivity index (χ1v) is 9.29. The number of methoxy groups -OCH3 is 2. The molecular formula is C21H24FN3O4. The summed E-state index contributed by atoms with van der Waals surface area (Å²) in [5, 5.41) is 2.84. The van der Waals surface area contributed by atoms with Gasteiger partial charge in [0.2, 0.25) is 5.91 Å². The SMILES string of the molecule is COc1cc(NC(=O)CN2CCN(C(=O)c3ccccc3F)CC2)cc(OC)c1. The van der Waals surface area contributed by atoms with Crippen molar-refractivity contribution in [1.29, 1.82) is 0 Å². The van der Waals surface area contributed by atoms with Gasteiger partial charge in [0.1, 0.15) is 17.3 Å². The van der Waals surface area contributed by atoms with Gasteiger partial charge in [0.05, 0.1) is 26.3 Å². The number of carbonyl (C=O) groups is 2. The molecule has 2 aromatic rings. The summed E-state index contributed by atoms with van der Waals surface area (Å²) in [6, 6.07) is 11.1. The van der Waals surface area contributed by atoms with Crippen molar-refractivity contribution < 1.29 is 23.5 Å². The van der Waals surface area contributed by atoms with E-state index in [9.17, 15) is 14.0 Å². The molecule has 2 aromatic carbocycles. The molecule has 154 valence electrons. The molecule has 1 saturated heterocycles. The molecule has 8 heteroatoms. The van der Waals surface area contributed by atoms with Gasteiger partial charge >= 0.3 is 0 Å². The van der Waals surface area contributed by atoms with E-state index in [-0.39, 0.29) is 23.9 Å². The molecule has 1 aliphatic rings. The molecule has 1 N–H and O–H groups in total. The molecule has 1 fully saturated rings. The molecule has 29 heavy (non-hydrogen) atoms. The Labute approximate surface area is 169 Å². The normalized spacial score (nSPS) is 14.4. The van der Waals surface area contributed by atoms with E-state index in [1.165, 1.54) is 12.1 Å². The Morgan fingerprint density at radius 2 is 1.62 bits per heavy atom. The number of hydrogen-bond acceptors (Lipinski definition) is 5. The van der Waals surface area contributed by atoms with Gasteiger partial charge in [-0.15, -0.1) is 0 Å². The molecule has 0 saturated carbocycles. The number of piperazine rings is 1. The van der Waals surface area contributed by atoms with E-state index >= 15 is 0 Å². The molecule has 0 bridgehead atoms. The van der Waals surface area contributed by atoms with Crippen molar-refractivity contribution in [3.63, 3.8) is 0 Å². The summed E-state index contributed by atoms with van der Waals surface area (Å²) in [7, 11) is 3.09. The first-order chi connectivity index (χ1) is 14.0. The van der Waals surface area contributed by atoms with Gasteiger partial charge in [0.15, 0.2) is 0 Å². The molecule has 2 amide bonds. The second-order valence-electron chi connectivity index (χ2n) is 6.70. The van der Waals surface area contributed by atoms with Gasteiger partial charge in [-0.3, -0.25) is 14.5 Å². The third kappa shape index (κ3) is 5.23. The fourth-order valence-electron chi connectivity index (χ4n) is 3.20. The predicted molar refractivity (Wildman–Crippen MR) is 107 cm³/mol.